The minimum Gasteiger partial charge on any atom is -0.373 e. The molecule has 2 atom stereocenters. The zero-order valence-corrected chi connectivity index (χ0v) is 16.1. The Morgan fingerprint density at radius 1 is 1.24 bits per heavy atom. The maximum Gasteiger partial charge on any atom is 0.236 e. The maximum atomic E-state index is 11.8. The third-order valence-electron chi connectivity index (χ3n) is 4.58. The van der Waals surface area contributed by atoms with E-state index in [1.54, 1.807) is 19.0 Å². The molecule has 1 aliphatic heterocycles. The number of likely N-dealkylation sites (N-methyl/N-ethyl adjacent to an activating group) is 2. The fourth-order valence-corrected chi connectivity index (χ4v) is 2.91. The molecule has 7 heteroatoms. The Morgan fingerprint density at radius 2 is 1.96 bits per heavy atom. The van der Waals surface area contributed by atoms with Crippen molar-refractivity contribution >= 4 is 11.7 Å². The molecule has 0 aromatic carbocycles. The quantitative estimate of drug-likeness (QED) is 0.699. The van der Waals surface area contributed by atoms with Gasteiger partial charge in [-0.05, 0) is 32.9 Å². The van der Waals surface area contributed by atoms with E-state index in [1.165, 1.54) is 0 Å². The molecule has 0 unspecified atom stereocenters. The lowest BCUT2D eigenvalue weighted by molar-refractivity contribution is -0.129. The maximum absolute atomic E-state index is 11.8. The van der Waals surface area contributed by atoms with Gasteiger partial charge < -0.3 is 14.5 Å². The Labute approximate surface area is 151 Å². The van der Waals surface area contributed by atoms with Crippen LogP contribution in [0.1, 0.15) is 25.6 Å². The number of aromatic nitrogens is 2. The second kappa shape index (κ2) is 9.10. The predicted molar refractivity (Wildman–Crippen MR) is 98.8 cm³/mol. The van der Waals surface area contributed by atoms with E-state index in [-0.39, 0.29) is 18.1 Å². The van der Waals surface area contributed by atoms with E-state index in [0.29, 0.717) is 6.54 Å². The summed E-state index contributed by atoms with van der Waals surface area (Å²) in [6, 6.07) is 1.93. The zero-order chi connectivity index (χ0) is 18.4. The number of hydrogen-bond donors (Lipinski definition) is 0. The molecule has 2 rings (SSSR count). The number of ether oxygens (including phenoxy) is 1. The molecule has 2 heterocycles. The Bertz CT molecular complexity index is 566. The molecule has 0 bridgehead atoms. The average Bonchev–Trinajstić information content (AvgIpc) is 3.00. The number of nitrogens with zero attached hydrogens (tertiary/aromatic N) is 5. The second-order valence-electron chi connectivity index (χ2n) is 6.99. The van der Waals surface area contributed by atoms with Crippen LogP contribution in [0.15, 0.2) is 12.3 Å². The Balaban J connectivity index is 1.82. The van der Waals surface area contributed by atoms with E-state index >= 15 is 0 Å². The molecule has 1 amide bonds. The molecule has 7 nitrogen and oxygen atoms in total. The predicted octanol–water partition coefficient (Wildman–Crippen LogP) is 1.04. The summed E-state index contributed by atoms with van der Waals surface area (Å²) in [6.45, 7) is 4.21. The first-order valence-electron chi connectivity index (χ1n) is 8.96. The van der Waals surface area contributed by atoms with Crippen LogP contribution in [0, 0.1) is 0 Å². The van der Waals surface area contributed by atoms with Crippen LogP contribution < -0.4 is 4.90 Å². The smallest absolute Gasteiger partial charge is 0.236 e. The molecule has 0 radical (unpaired) electrons. The van der Waals surface area contributed by atoms with Gasteiger partial charge in [0.2, 0.25) is 5.91 Å². The molecule has 1 saturated heterocycles. The fourth-order valence-electron chi connectivity index (χ4n) is 2.91. The molecule has 0 aliphatic carbocycles. The molecular weight excluding hydrogens is 318 g/mol. The van der Waals surface area contributed by atoms with Crippen molar-refractivity contribution in [3.8, 4) is 0 Å². The van der Waals surface area contributed by atoms with Gasteiger partial charge in [0.15, 0.2) is 0 Å². The lowest BCUT2D eigenvalue weighted by atomic mass is 10.1. The van der Waals surface area contributed by atoms with Gasteiger partial charge in [-0.15, -0.1) is 0 Å². The summed E-state index contributed by atoms with van der Waals surface area (Å²) in [5.41, 5.74) is 0. The van der Waals surface area contributed by atoms with Gasteiger partial charge in [-0.3, -0.25) is 9.69 Å². The molecule has 1 aromatic heterocycles. The van der Waals surface area contributed by atoms with Crippen LogP contribution in [0.3, 0.4) is 0 Å². The first-order chi connectivity index (χ1) is 11.9. The van der Waals surface area contributed by atoms with Crippen LogP contribution in [0.5, 0.6) is 0 Å². The third-order valence-corrected chi connectivity index (χ3v) is 4.58. The van der Waals surface area contributed by atoms with Gasteiger partial charge in [0.1, 0.15) is 11.6 Å². The first-order valence-corrected chi connectivity index (χ1v) is 8.96. The van der Waals surface area contributed by atoms with Gasteiger partial charge in [-0.2, -0.15) is 0 Å². The van der Waals surface area contributed by atoms with Crippen LogP contribution in [0.25, 0.3) is 0 Å². The lowest BCUT2D eigenvalue weighted by Crippen LogP contribution is -2.38. The summed E-state index contributed by atoms with van der Waals surface area (Å²) in [6.07, 6.45) is 4.91. The van der Waals surface area contributed by atoms with Crippen molar-refractivity contribution < 1.29 is 9.53 Å². The number of carbonyl (C=O) groups is 1. The molecule has 25 heavy (non-hydrogen) atoms. The highest BCUT2D eigenvalue weighted by Gasteiger charge is 2.27. The molecule has 1 aliphatic rings. The minimum absolute atomic E-state index is 0.113. The van der Waals surface area contributed by atoms with Crippen molar-refractivity contribution in [3.05, 3.63) is 18.1 Å². The van der Waals surface area contributed by atoms with Gasteiger partial charge >= 0.3 is 0 Å². The average molecular weight is 349 g/mol. The van der Waals surface area contributed by atoms with Crippen molar-refractivity contribution in [1.82, 2.24) is 19.8 Å². The van der Waals surface area contributed by atoms with Crippen molar-refractivity contribution in [2.75, 3.05) is 52.7 Å². The van der Waals surface area contributed by atoms with Gasteiger partial charge in [0.25, 0.3) is 0 Å². The monoisotopic (exact) mass is 349 g/mol. The Kier molecular flexibility index (Phi) is 7.13. The Morgan fingerprint density at radius 3 is 2.64 bits per heavy atom. The highest BCUT2D eigenvalue weighted by Crippen LogP contribution is 2.23. The van der Waals surface area contributed by atoms with E-state index in [2.05, 4.69) is 21.8 Å². The topological polar surface area (TPSA) is 61.8 Å². The molecule has 0 saturated carbocycles. The number of amides is 1. The Hall–Kier alpha value is -1.73. The molecule has 1 fully saturated rings. The van der Waals surface area contributed by atoms with Crippen molar-refractivity contribution in [2.24, 2.45) is 0 Å². The van der Waals surface area contributed by atoms with Crippen LogP contribution in [0.2, 0.25) is 0 Å². The van der Waals surface area contributed by atoms with Crippen LogP contribution in [-0.2, 0) is 16.0 Å². The molecular formula is C18H31N5O2. The van der Waals surface area contributed by atoms with Gasteiger partial charge in [0, 0.05) is 46.9 Å². The summed E-state index contributed by atoms with van der Waals surface area (Å²) < 4.78 is 6.14. The normalized spacial score (nSPS) is 20.1. The van der Waals surface area contributed by atoms with Crippen LogP contribution in [0.4, 0.5) is 5.82 Å². The van der Waals surface area contributed by atoms with Crippen LogP contribution in [-0.4, -0.2) is 85.7 Å². The van der Waals surface area contributed by atoms with E-state index < -0.39 is 0 Å². The number of rotatable bonds is 8. The highest BCUT2D eigenvalue weighted by molar-refractivity contribution is 5.77. The molecule has 140 valence electrons. The zero-order valence-electron chi connectivity index (χ0n) is 16.1. The summed E-state index contributed by atoms with van der Waals surface area (Å²) in [7, 11) is 7.55. The number of carbonyl (C=O) groups excluding carboxylic acids is 1. The van der Waals surface area contributed by atoms with E-state index in [0.717, 1.165) is 44.0 Å². The molecule has 0 spiro atoms. The van der Waals surface area contributed by atoms with Crippen molar-refractivity contribution in [2.45, 2.75) is 38.4 Å². The second-order valence-corrected chi connectivity index (χ2v) is 6.99. The van der Waals surface area contributed by atoms with Gasteiger partial charge in [-0.1, -0.05) is 0 Å². The number of anilines is 1. The van der Waals surface area contributed by atoms with E-state index in [9.17, 15) is 4.79 Å². The van der Waals surface area contributed by atoms with Crippen molar-refractivity contribution in [1.29, 1.82) is 0 Å². The van der Waals surface area contributed by atoms with E-state index in [4.69, 9.17) is 4.74 Å². The first kappa shape index (κ1) is 19.6. The molecule has 1 aromatic rings. The standard InChI is InChI=1S/C18H31N5O2/c1-6-23(5)17-9-10-19-16(20-17)11-14-7-8-15(25-14)12-22(4)13-18(24)21(2)3/h9-10,14-15H,6-8,11-13H2,1-5H3/t14-,15+/m0/s1. The highest BCUT2D eigenvalue weighted by atomic mass is 16.5. The third kappa shape index (κ3) is 5.93. The number of hydrogen-bond acceptors (Lipinski definition) is 6. The van der Waals surface area contributed by atoms with Crippen molar-refractivity contribution in [3.63, 3.8) is 0 Å². The SMILES string of the molecule is CCN(C)c1ccnc(C[C@@H]2CC[C@H](CN(C)CC(=O)N(C)C)O2)n1. The summed E-state index contributed by atoms with van der Waals surface area (Å²) in [5.74, 6) is 1.89. The summed E-state index contributed by atoms with van der Waals surface area (Å²) in [5, 5.41) is 0. The lowest BCUT2D eigenvalue weighted by Gasteiger charge is -2.22. The van der Waals surface area contributed by atoms with E-state index in [1.807, 2.05) is 31.3 Å². The van der Waals surface area contributed by atoms with Gasteiger partial charge in [-0.25, -0.2) is 9.97 Å². The van der Waals surface area contributed by atoms with Gasteiger partial charge in [0.05, 0.1) is 18.8 Å². The molecule has 0 N–H and O–H groups in total. The summed E-state index contributed by atoms with van der Waals surface area (Å²) in [4.78, 5) is 26.5. The van der Waals surface area contributed by atoms with Crippen LogP contribution >= 0.6 is 0 Å². The summed E-state index contributed by atoms with van der Waals surface area (Å²) >= 11 is 0. The largest absolute Gasteiger partial charge is 0.373 e. The fraction of sp³-hybridized carbons (Fsp3) is 0.722. The minimum atomic E-state index is 0.113.